The maximum atomic E-state index is 6.80. The van der Waals surface area contributed by atoms with E-state index >= 15 is 0 Å². The van der Waals surface area contributed by atoms with Gasteiger partial charge in [-0.15, -0.1) is 0 Å². The van der Waals surface area contributed by atoms with Crippen LogP contribution in [0.25, 0.3) is 0 Å². The van der Waals surface area contributed by atoms with Crippen LogP contribution in [0.3, 0.4) is 0 Å². The Kier molecular flexibility index (Phi) is 11.5. The minimum atomic E-state index is 0.0834. The predicted octanol–water partition coefficient (Wildman–Crippen LogP) is 7.28. The van der Waals surface area contributed by atoms with Gasteiger partial charge in [-0.2, -0.15) is 0 Å². The highest BCUT2D eigenvalue weighted by Gasteiger charge is 2.34. The maximum absolute atomic E-state index is 6.80. The first-order chi connectivity index (χ1) is 9.95. The van der Waals surface area contributed by atoms with Crippen molar-refractivity contribution in [3.63, 3.8) is 0 Å². The van der Waals surface area contributed by atoms with Crippen LogP contribution in [0.2, 0.25) is 0 Å². The first-order valence-electron chi connectivity index (χ1n) is 9.65. The Bertz CT molecular complexity index is 214. The molecule has 0 aromatic carbocycles. The van der Waals surface area contributed by atoms with Crippen LogP contribution in [0.4, 0.5) is 0 Å². The summed E-state index contributed by atoms with van der Waals surface area (Å²) in [5, 5.41) is 0. The molecule has 1 heteroatoms. The number of unbranched alkanes of at least 4 members (excludes halogenated alkanes) is 4. The van der Waals surface area contributed by atoms with Crippen LogP contribution in [0, 0.1) is 0 Å². The van der Waals surface area contributed by atoms with Crippen LogP contribution in [0.1, 0.15) is 119 Å². The Hall–Kier alpha value is -0.0400. The number of rotatable bonds is 14. The minimum absolute atomic E-state index is 0.0834. The van der Waals surface area contributed by atoms with E-state index in [1.54, 1.807) is 0 Å². The van der Waals surface area contributed by atoms with E-state index in [1.807, 2.05) is 0 Å². The van der Waals surface area contributed by atoms with Gasteiger partial charge in [-0.3, -0.25) is 0 Å². The molecule has 2 unspecified atom stereocenters. The monoisotopic (exact) mass is 298 g/mol. The van der Waals surface area contributed by atoms with Crippen molar-refractivity contribution in [3.8, 4) is 0 Å². The molecule has 0 rings (SSSR count). The molecule has 0 aliphatic rings. The molecule has 0 fully saturated rings. The maximum Gasteiger partial charge on any atom is 0.0661 e. The second-order valence-electron chi connectivity index (χ2n) is 7.42. The largest absolute Gasteiger partial charge is 0.369 e. The summed E-state index contributed by atoms with van der Waals surface area (Å²) < 4.78 is 6.80. The summed E-state index contributed by atoms with van der Waals surface area (Å²) in [5.41, 5.74) is 0.167. The molecule has 0 saturated heterocycles. The van der Waals surface area contributed by atoms with Gasteiger partial charge < -0.3 is 4.74 Å². The molecule has 0 aromatic rings. The Balaban J connectivity index is 4.68. The van der Waals surface area contributed by atoms with Crippen molar-refractivity contribution in [1.82, 2.24) is 0 Å². The first kappa shape index (κ1) is 21.0. The molecule has 0 bridgehead atoms. The quantitative estimate of drug-likeness (QED) is 0.306. The summed E-state index contributed by atoms with van der Waals surface area (Å²) in [6.07, 6.45) is 15.2. The van der Waals surface area contributed by atoms with Gasteiger partial charge in [0.1, 0.15) is 0 Å². The molecule has 0 spiro atoms. The molecule has 0 aliphatic carbocycles. The average molecular weight is 299 g/mol. The van der Waals surface area contributed by atoms with Crippen molar-refractivity contribution < 1.29 is 4.74 Å². The van der Waals surface area contributed by atoms with Crippen LogP contribution < -0.4 is 0 Å². The van der Waals surface area contributed by atoms with Crippen LogP contribution in [0.15, 0.2) is 0 Å². The van der Waals surface area contributed by atoms with Gasteiger partial charge in [0.25, 0.3) is 0 Å². The molecule has 0 N–H and O–H groups in total. The summed E-state index contributed by atoms with van der Waals surface area (Å²) in [6, 6.07) is 0. The fourth-order valence-corrected chi connectivity index (χ4v) is 3.60. The third kappa shape index (κ3) is 9.55. The van der Waals surface area contributed by atoms with E-state index in [1.165, 1.54) is 77.0 Å². The van der Waals surface area contributed by atoms with Gasteiger partial charge in [-0.25, -0.2) is 0 Å². The number of ether oxygens (including phenoxy) is 1. The highest BCUT2D eigenvalue weighted by atomic mass is 16.5. The fourth-order valence-electron chi connectivity index (χ4n) is 3.60. The lowest BCUT2D eigenvalue weighted by atomic mass is 9.88. The minimum Gasteiger partial charge on any atom is -0.369 e. The van der Waals surface area contributed by atoms with E-state index in [0.29, 0.717) is 0 Å². The smallest absolute Gasteiger partial charge is 0.0661 e. The molecule has 0 aliphatic heterocycles. The lowest BCUT2D eigenvalue weighted by Gasteiger charge is -2.41. The highest BCUT2D eigenvalue weighted by Crippen LogP contribution is 2.35. The van der Waals surface area contributed by atoms with E-state index in [2.05, 4.69) is 41.5 Å². The summed E-state index contributed by atoms with van der Waals surface area (Å²) in [6.45, 7) is 13.9. The molecule has 0 amide bonds. The third-order valence-electron chi connectivity index (χ3n) is 4.67. The Morgan fingerprint density at radius 3 is 1.19 bits per heavy atom. The molecule has 0 saturated carbocycles. The Morgan fingerprint density at radius 2 is 0.905 bits per heavy atom. The second-order valence-corrected chi connectivity index (χ2v) is 7.42. The molecular weight excluding hydrogens is 256 g/mol. The topological polar surface area (TPSA) is 9.23 Å². The number of hydrogen-bond acceptors (Lipinski definition) is 1. The summed E-state index contributed by atoms with van der Waals surface area (Å²) in [4.78, 5) is 0. The van der Waals surface area contributed by atoms with Crippen LogP contribution in [-0.4, -0.2) is 11.2 Å². The fraction of sp³-hybridized carbons (Fsp3) is 1.00. The normalized spacial score (nSPS) is 17.4. The van der Waals surface area contributed by atoms with Gasteiger partial charge in [-0.05, 0) is 39.5 Å². The summed E-state index contributed by atoms with van der Waals surface area (Å²) in [5.74, 6) is 0. The number of hydrogen-bond donors (Lipinski definition) is 0. The predicted molar refractivity (Wildman–Crippen MR) is 96.0 cm³/mol. The van der Waals surface area contributed by atoms with E-state index in [4.69, 9.17) is 4.74 Å². The van der Waals surface area contributed by atoms with Crippen molar-refractivity contribution in [3.05, 3.63) is 0 Å². The highest BCUT2D eigenvalue weighted by molar-refractivity contribution is 4.83. The van der Waals surface area contributed by atoms with E-state index in [0.717, 1.165) is 0 Å². The SMILES string of the molecule is CCCCCC(C)(CCC)OC(C)(CCC)CCCCC. The summed E-state index contributed by atoms with van der Waals surface area (Å²) >= 11 is 0. The van der Waals surface area contributed by atoms with Crippen molar-refractivity contribution in [1.29, 1.82) is 0 Å². The zero-order valence-corrected chi connectivity index (χ0v) is 15.9. The lowest BCUT2D eigenvalue weighted by molar-refractivity contribution is -0.156. The summed E-state index contributed by atoms with van der Waals surface area (Å²) in [7, 11) is 0. The van der Waals surface area contributed by atoms with Gasteiger partial charge in [0.15, 0.2) is 0 Å². The van der Waals surface area contributed by atoms with E-state index in [9.17, 15) is 0 Å². The van der Waals surface area contributed by atoms with Gasteiger partial charge >= 0.3 is 0 Å². The second kappa shape index (κ2) is 11.5. The molecule has 0 heterocycles. The average Bonchev–Trinajstić information content (AvgIpc) is 2.39. The van der Waals surface area contributed by atoms with Crippen molar-refractivity contribution in [2.24, 2.45) is 0 Å². The molecule has 2 atom stereocenters. The lowest BCUT2D eigenvalue weighted by Crippen LogP contribution is -2.41. The Morgan fingerprint density at radius 1 is 0.524 bits per heavy atom. The van der Waals surface area contributed by atoms with Gasteiger partial charge in [0.05, 0.1) is 11.2 Å². The zero-order valence-electron chi connectivity index (χ0n) is 15.9. The molecule has 128 valence electrons. The molecule has 21 heavy (non-hydrogen) atoms. The van der Waals surface area contributed by atoms with Crippen LogP contribution in [0.5, 0.6) is 0 Å². The van der Waals surface area contributed by atoms with Crippen molar-refractivity contribution in [2.75, 3.05) is 0 Å². The zero-order chi connectivity index (χ0) is 16.2. The van der Waals surface area contributed by atoms with Gasteiger partial charge in [0, 0.05) is 0 Å². The third-order valence-corrected chi connectivity index (χ3v) is 4.67. The first-order valence-corrected chi connectivity index (χ1v) is 9.65. The van der Waals surface area contributed by atoms with Crippen molar-refractivity contribution >= 4 is 0 Å². The molecule has 0 radical (unpaired) electrons. The molecular formula is C20H42O. The van der Waals surface area contributed by atoms with Crippen LogP contribution >= 0.6 is 0 Å². The van der Waals surface area contributed by atoms with E-state index in [-0.39, 0.29) is 11.2 Å². The van der Waals surface area contributed by atoms with Crippen LogP contribution in [-0.2, 0) is 4.74 Å². The molecule has 0 aromatic heterocycles. The standard InChI is InChI=1S/C20H42O/c1-7-11-13-17-19(5,15-9-3)21-20(6,16-10-4)18-14-12-8-2/h7-18H2,1-6H3. The Labute approximate surface area is 135 Å². The van der Waals surface area contributed by atoms with Gasteiger partial charge in [0.2, 0.25) is 0 Å². The molecule has 1 nitrogen and oxygen atoms in total. The van der Waals surface area contributed by atoms with Gasteiger partial charge in [-0.1, -0.05) is 79.1 Å². The van der Waals surface area contributed by atoms with E-state index < -0.39 is 0 Å². The van der Waals surface area contributed by atoms with Crippen molar-refractivity contribution in [2.45, 2.75) is 130 Å².